The summed E-state index contributed by atoms with van der Waals surface area (Å²) in [6.45, 7) is 1.60. The van der Waals surface area contributed by atoms with Gasteiger partial charge in [-0.2, -0.15) is 13.2 Å². The standard InChI is InChI=1S/C11H13F4N/c1-7-5-9(12)4-3-8(7)6-10(16-2)11(13,14)15/h3-5,10,16H,6H2,1-2H3. The number of alkyl halides is 3. The number of halogens is 4. The summed E-state index contributed by atoms with van der Waals surface area (Å²) in [5.41, 5.74) is 1.03. The monoisotopic (exact) mass is 235 g/mol. The molecule has 1 atom stereocenters. The van der Waals surface area contributed by atoms with Crippen LogP contribution >= 0.6 is 0 Å². The number of benzene rings is 1. The van der Waals surface area contributed by atoms with Gasteiger partial charge in [0.15, 0.2) is 0 Å². The Balaban J connectivity index is 2.86. The fraction of sp³-hybridized carbons (Fsp3) is 0.455. The van der Waals surface area contributed by atoms with Gasteiger partial charge in [-0.15, -0.1) is 0 Å². The van der Waals surface area contributed by atoms with Gasteiger partial charge in [-0.25, -0.2) is 4.39 Å². The average Bonchev–Trinajstić information content (AvgIpc) is 2.14. The highest BCUT2D eigenvalue weighted by Gasteiger charge is 2.38. The molecule has 0 spiro atoms. The molecule has 0 amide bonds. The summed E-state index contributed by atoms with van der Waals surface area (Å²) in [4.78, 5) is 0. The van der Waals surface area contributed by atoms with Crippen LogP contribution in [-0.4, -0.2) is 19.3 Å². The molecule has 0 bridgehead atoms. The highest BCUT2D eigenvalue weighted by atomic mass is 19.4. The number of aryl methyl sites for hydroxylation is 1. The van der Waals surface area contributed by atoms with E-state index in [0.717, 1.165) is 0 Å². The van der Waals surface area contributed by atoms with E-state index in [4.69, 9.17) is 0 Å². The van der Waals surface area contributed by atoms with E-state index in [1.54, 1.807) is 6.92 Å². The molecule has 0 aliphatic rings. The van der Waals surface area contributed by atoms with Crippen LogP contribution in [0.5, 0.6) is 0 Å². The Morgan fingerprint density at radius 3 is 2.38 bits per heavy atom. The summed E-state index contributed by atoms with van der Waals surface area (Å²) >= 11 is 0. The molecule has 0 aliphatic heterocycles. The van der Waals surface area contributed by atoms with Crippen molar-refractivity contribution in [3.63, 3.8) is 0 Å². The molecule has 0 aliphatic carbocycles. The number of nitrogens with one attached hydrogen (secondary N) is 1. The highest BCUT2D eigenvalue weighted by molar-refractivity contribution is 5.27. The van der Waals surface area contributed by atoms with Crippen LogP contribution < -0.4 is 5.32 Å². The van der Waals surface area contributed by atoms with Crippen LogP contribution in [0, 0.1) is 12.7 Å². The first kappa shape index (κ1) is 13.0. The summed E-state index contributed by atoms with van der Waals surface area (Å²) in [5, 5.41) is 2.21. The molecule has 1 aromatic rings. The maximum atomic E-state index is 12.8. The number of likely N-dealkylation sites (N-methyl/N-ethyl adjacent to an activating group) is 1. The van der Waals surface area contributed by atoms with Crippen LogP contribution in [0.3, 0.4) is 0 Å². The molecule has 0 saturated heterocycles. The van der Waals surface area contributed by atoms with Crippen molar-refractivity contribution in [3.8, 4) is 0 Å². The van der Waals surface area contributed by atoms with Crippen LogP contribution in [0.4, 0.5) is 17.6 Å². The van der Waals surface area contributed by atoms with E-state index < -0.39 is 18.0 Å². The van der Waals surface area contributed by atoms with Gasteiger partial charge in [0.25, 0.3) is 0 Å². The van der Waals surface area contributed by atoms with Gasteiger partial charge in [0, 0.05) is 0 Å². The van der Waals surface area contributed by atoms with Crippen molar-refractivity contribution < 1.29 is 17.6 Å². The fourth-order valence-electron chi connectivity index (χ4n) is 1.49. The minimum absolute atomic E-state index is 0.188. The minimum atomic E-state index is -4.30. The largest absolute Gasteiger partial charge is 0.404 e. The molecular formula is C11H13F4N. The van der Waals surface area contributed by atoms with Crippen molar-refractivity contribution in [1.29, 1.82) is 0 Å². The Bertz CT molecular complexity index is 359. The van der Waals surface area contributed by atoms with Gasteiger partial charge in [-0.05, 0) is 43.7 Å². The van der Waals surface area contributed by atoms with Crippen LogP contribution in [0.15, 0.2) is 18.2 Å². The molecule has 1 N–H and O–H groups in total. The van der Waals surface area contributed by atoms with Gasteiger partial charge in [0.2, 0.25) is 0 Å². The van der Waals surface area contributed by atoms with E-state index >= 15 is 0 Å². The van der Waals surface area contributed by atoms with Gasteiger partial charge < -0.3 is 5.32 Å². The van der Waals surface area contributed by atoms with Crippen LogP contribution in [0.25, 0.3) is 0 Å². The average molecular weight is 235 g/mol. The van der Waals surface area contributed by atoms with Gasteiger partial charge in [0.1, 0.15) is 11.9 Å². The molecule has 1 nitrogen and oxygen atoms in total. The lowest BCUT2D eigenvalue weighted by Crippen LogP contribution is -2.41. The zero-order valence-corrected chi connectivity index (χ0v) is 9.03. The lowest BCUT2D eigenvalue weighted by atomic mass is 10.0. The maximum absolute atomic E-state index is 12.8. The van der Waals surface area contributed by atoms with Gasteiger partial charge in [0.05, 0.1) is 0 Å². The lowest BCUT2D eigenvalue weighted by Gasteiger charge is -2.20. The molecule has 0 radical (unpaired) electrons. The molecule has 1 aromatic carbocycles. The van der Waals surface area contributed by atoms with Crippen molar-refractivity contribution in [1.82, 2.24) is 5.32 Å². The third kappa shape index (κ3) is 3.20. The van der Waals surface area contributed by atoms with Crippen molar-refractivity contribution in [2.45, 2.75) is 25.6 Å². The first-order chi connectivity index (χ1) is 7.34. The Morgan fingerprint density at radius 1 is 1.31 bits per heavy atom. The summed E-state index contributed by atoms with van der Waals surface area (Å²) in [7, 11) is 1.26. The van der Waals surface area contributed by atoms with Gasteiger partial charge >= 0.3 is 6.18 Å². The van der Waals surface area contributed by atoms with Crippen molar-refractivity contribution in [2.24, 2.45) is 0 Å². The summed E-state index contributed by atoms with van der Waals surface area (Å²) in [5.74, 6) is -0.436. The summed E-state index contributed by atoms with van der Waals surface area (Å²) < 4.78 is 50.2. The molecular weight excluding hydrogens is 222 g/mol. The molecule has 1 unspecified atom stereocenters. The molecule has 0 fully saturated rings. The molecule has 5 heteroatoms. The number of hydrogen-bond donors (Lipinski definition) is 1. The summed E-state index contributed by atoms with van der Waals surface area (Å²) in [6.07, 6.45) is -4.48. The van der Waals surface area contributed by atoms with E-state index in [2.05, 4.69) is 5.32 Å². The van der Waals surface area contributed by atoms with E-state index in [-0.39, 0.29) is 6.42 Å². The zero-order valence-electron chi connectivity index (χ0n) is 9.03. The highest BCUT2D eigenvalue weighted by Crippen LogP contribution is 2.24. The normalized spacial score (nSPS) is 13.9. The Hall–Kier alpha value is -1.10. The molecule has 1 rings (SSSR count). The molecule has 0 saturated carbocycles. The van der Waals surface area contributed by atoms with Crippen LogP contribution in [-0.2, 0) is 6.42 Å². The second kappa shape index (κ2) is 4.82. The quantitative estimate of drug-likeness (QED) is 0.794. The lowest BCUT2D eigenvalue weighted by molar-refractivity contribution is -0.154. The first-order valence-corrected chi connectivity index (χ1v) is 4.83. The van der Waals surface area contributed by atoms with E-state index in [1.165, 1.54) is 25.2 Å². The van der Waals surface area contributed by atoms with E-state index in [9.17, 15) is 17.6 Å². The van der Waals surface area contributed by atoms with Gasteiger partial charge in [-0.1, -0.05) is 6.07 Å². The smallest absolute Gasteiger partial charge is 0.309 e. The Kier molecular flexibility index (Phi) is 3.91. The van der Waals surface area contributed by atoms with Crippen LogP contribution in [0.2, 0.25) is 0 Å². The van der Waals surface area contributed by atoms with Gasteiger partial charge in [-0.3, -0.25) is 0 Å². The second-order valence-corrected chi connectivity index (χ2v) is 3.66. The molecule has 0 heterocycles. The third-order valence-corrected chi connectivity index (χ3v) is 2.47. The first-order valence-electron chi connectivity index (χ1n) is 4.83. The third-order valence-electron chi connectivity index (χ3n) is 2.47. The van der Waals surface area contributed by atoms with Crippen molar-refractivity contribution in [2.75, 3.05) is 7.05 Å². The zero-order chi connectivity index (χ0) is 12.3. The summed E-state index contributed by atoms with van der Waals surface area (Å²) in [6, 6.07) is 2.20. The SMILES string of the molecule is CNC(Cc1ccc(F)cc1C)C(F)(F)F. The second-order valence-electron chi connectivity index (χ2n) is 3.66. The fourth-order valence-corrected chi connectivity index (χ4v) is 1.49. The maximum Gasteiger partial charge on any atom is 0.404 e. The Labute approximate surface area is 91.5 Å². The van der Waals surface area contributed by atoms with Crippen molar-refractivity contribution >= 4 is 0 Å². The molecule has 0 aromatic heterocycles. The minimum Gasteiger partial charge on any atom is -0.309 e. The van der Waals surface area contributed by atoms with E-state index in [0.29, 0.717) is 11.1 Å². The molecule has 16 heavy (non-hydrogen) atoms. The Morgan fingerprint density at radius 2 is 1.94 bits per heavy atom. The predicted octanol–water partition coefficient (Wildman–Crippen LogP) is 2.83. The number of hydrogen-bond acceptors (Lipinski definition) is 1. The van der Waals surface area contributed by atoms with E-state index in [1.807, 2.05) is 0 Å². The topological polar surface area (TPSA) is 12.0 Å². The molecule has 90 valence electrons. The predicted molar refractivity (Wildman–Crippen MR) is 53.7 cm³/mol. The van der Waals surface area contributed by atoms with Crippen LogP contribution in [0.1, 0.15) is 11.1 Å². The number of rotatable bonds is 3. The van der Waals surface area contributed by atoms with Crippen molar-refractivity contribution in [3.05, 3.63) is 35.1 Å².